The predicted molar refractivity (Wildman–Crippen MR) is 104 cm³/mol. The number of carbonyl (C=O) groups is 1. The van der Waals surface area contributed by atoms with Crippen LogP contribution in [0.3, 0.4) is 0 Å². The molecule has 0 atom stereocenters. The van der Waals surface area contributed by atoms with Gasteiger partial charge in [-0.25, -0.2) is 9.48 Å². The summed E-state index contributed by atoms with van der Waals surface area (Å²) in [5, 5.41) is 7.34. The predicted octanol–water partition coefficient (Wildman–Crippen LogP) is 3.13. The molecule has 144 valence electrons. The Morgan fingerprint density at radius 1 is 1.26 bits per heavy atom. The van der Waals surface area contributed by atoms with E-state index in [4.69, 9.17) is 4.74 Å². The number of aryl methyl sites for hydroxylation is 1. The summed E-state index contributed by atoms with van der Waals surface area (Å²) in [4.78, 5) is 26.0. The van der Waals surface area contributed by atoms with Gasteiger partial charge in [0, 0.05) is 31.4 Å². The smallest absolute Gasteiger partial charge is 0.410 e. The average molecular weight is 370 g/mol. The second-order valence-corrected chi connectivity index (χ2v) is 7.87. The third-order valence-corrected chi connectivity index (χ3v) is 4.53. The first kappa shape index (κ1) is 18.9. The minimum absolute atomic E-state index is 0.119. The van der Waals surface area contributed by atoms with Crippen LogP contribution < -0.4 is 10.9 Å². The van der Waals surface area contributed by atoms with Crippen molar-refractivity contribution in [1.82, 2.24) is 14.7 Å². The van der Waals surface area contributed by atoms with Gasteiger partial charge in [0.25, 0.3) is 5.56 Å². The van der Waals surface area contributed by atoms with Gasteiger partial charge in [-0.15, -0.1) is 0 Å². The molecule has 0 spiro atoms. The molecule has 27 heavy (non-hydrogen) atoms. The number of ether oxygens (including phenoxy) is 1. The zero-order valence-electron chi connectivity index (χ0n) is 16.5. The first-order valence-electron chi connectivity index (χ1n) is 9.04. The summed E-state index contributed by atoms with van der Waals surface area (Å²) >= 11 is 0. The highest BCUT2D eigenvalue weighted by Gasteiger charge is 2.25. The van der Waals surface area contributed by atoms with Gasteiger partial charge in [0.05, 0.1) is 11.9 Å². The van der Waals surface area contributed by atoms with Crippen LogP contribution in [0, 0.1) is 6.92 Å². The molecule has 0 fully saturated rings. The van der Waals surface area contributed by atoms with Gasteiger partial charge in [0.2, 0.25) is 0 Å². The Morgan fingerprint density at radius 3 is 2.70 bits per heavy atom. The van der Waals surface area contributed by atoms with Crippen LogP contribution in [0.5, 0.6) is 0 Å². The number of amides is 1. The van der Waals surface area contributed by atoms with E-state index in [1.807, 2.05) is 32.9 Å². The molecular weight excluding hydrogens is 344 g/mol. The molecule has 1 N–H and O–H groups in total. The fourth-order valence-electron chi connectivity index (χ4n) is 3.05. The number of anilines is 2. The van der Waals surface area contributed by atoms with Crippen molar-refractivity contribution in [3.8, 4) is 0 Å². The molecule has 2 heterocycles. The SMILES string of the molecule is Cc1c(Nc2ccc3c(c2)CCN(C(=O)OC(C)(C)C)C3)cnn(C)c1=O. The number of hydrogen-bond acceptors (Lipinski definition) is 5. The van der Waals surface area contributed by atoms with Crippen molar-refractivity contribution in [2.45, 2.75) is 46.3 Å². The molecule has 0 saturated heterocycles. The minimum atomic E-state index is -0.496. The van der Waals surface area contributed by atoms with Crippen LogP contribution >= 0.6 is 0 Å². The van der Waals surface area contributed by atoms with Crippen molar-refractivity contribution in [1.29, 1.82) is 0 Å². The first-order chi connectivity index (χ1) is 12.6. The Balaban J connectivity index is 1.75. The maximum atomic E-state index is 12.3. The maximum absolute atomic E-state index is 12.3. The van der Waals surface area contributed by atoms with E-state index in [1.54, 1.807) is 25.1 Å². The third-order valence-electron chi connectivity index (χ3n) is 4.53. The van der Waals surface area contributed by atoms with Gasteiger partial charge in [-0.05, 0) is 57.4 Å². The van der Waals surface area contributed by atoms with Crippen molar-refractivity contribution in [2.75, 3.05) is 11.9 Å². The lowest BCUT2D eigenvalue weighted by Gasteiger charge is -2.31. The normalized spacial score (nSPS) is 13.9. The van der Waals surface area contributed by atoms with E-state index >= 15 is 0 Å². The van der Waals surface area contributed by atoms with Crippen LogP contribution in [0.2, 0.25) is 0 Å². The molecule has 0 saturated carbocycles. The quantitative estimate of drug-likeness (QED) is 0.879. The Morgan fingerprint density at radius 2 is 2.00 bits per heavy atom. The molecule has 0 unspecified atom stereocenters. The van der Waals surface area contributed by atoms with Crippen LogP contribution in [0.15, 0.2) is 29.2 Å². The molecule has 7 heteroatoms. The second-order valence-electron chi connectivity index (χ2n) is 7.87. The third kappa shape index (κ3) is 4.30. The standard InChI is InChI=1S/C20H26N4O3/c1-13-17(11-21-23(5)18(13)25)22-16-7-6-15-12-24(9-8-14(15)10-16)19(26)27-20(2,3)4/h6-7,10-11,22H,8-9,12H2,1-5H3. The van der Waals surface area contributed by atoms with E-state index in [9.17, 15) is 9.59 Å². The highest BCUT2D eigenvalue weighted by Crippen LogP contribution is 2.26. The second kappa shape index (κ2) is 7.06. The van der Waals surface area contributed by atoms with E-state index in [0.29, 0.717) is 24.3 Å². The lowest BCUT2D eigenvalue weighted by Crippen LogP contribution is -2.39. The summed E-state index contributed by atoms with van der Waals surface area (Å²) in [5.74, 6) is 0. The van der Waals surface area contributed by atoms with Gasteiger partial charge in [-0.1, -0.05) is 6.07 Å². The molecule has 0 radical (unpaired) electrons. The molecule has 7 nitrogen and oxygen atoms in total. The summed E-state index contributed by atoms with van der Waals surface area (Å²) in [5.41, 5.74) is 3.91. The summed E-state index contributed by atoms with van der Waals surface area (Å²) in [6.07, 6.45) is 2.13. The zero-order valence-corrected chi connectivity index (χ0v) is 16.5. The number of benzene rings is 1. The Kier molecular flexibility index (Phi) is 4.95. The minimum Gasteiger partial charge on any atom is -0.444 e. The van der Waals surface area contributed by atoms with E-state index in [-0.39, 0.29) is 11.7 Å². The molecule has 0 aliphatic carbocycles. The van der Waals surface area contributed by atoms with E-state index in [0.717, 1.165) is 17.7 Å². The molecule has 1 aliphatic heterocycles. The molecular formula is C20H26N4O3. The molecule has 1 amide bonds. The van der Waals surface area contributed by atoms with Gasteiger partial charge in [0.15, 0.2) is 0 Å². The van der Waals surface area contributed by atoms with Crippen LogP contribution in [0.4, 0.5) is 16.2 Å². The summed E-state index contributed by atoms with van der Waals surface area (Å²) < 4.78 is 6.78. The van der Waals surface area contributed by atoms with Crippen molar-refractivity contribution in [3.63, 3.8) is 0 Å². The maximum Gasteiger partial charge on any atom is 0.410 e. The summed E-state index contributed by atoms with van der Waals surface area (Å²) in [6.45, 7) is 8.55. The molecule has 0 bridgehead atoms. The monoisotopic (exact) mass is 370 g/mol. The van der Waals surface area contributed by atoms with Crippen LogP contribution in [0.1, 0.15) is 37.5 Å². The number of rotatable bonds is 2. The van der Waals surface area contributed by atoms with Crippen molar-refractivity contribution >= 4 is 17.5 Å². The highest BCUT2D eigenvalue weighted by atomic mass is 16.6. The lowest BCUT2D eigenvalue weighted by atomic mass is 9.99. The molecule has 3 rings (SSSR count). The average Bonchev–Trinajstić information content (AvgIpc) is 2.60. The number of nitrogens with one attached hydrogen (secondary N) is 1. The Labute approximate surface area is 158 Å². The van der Waals surface area contributed by atoms with Crippen LogP contribution in [-0.4, -0.2) is 32.9 Å². The van der Waals surface area contributed by atoms with Crippen molar-refractivity contribution in [3.05, 3.63) is 51.4 Å². The van der Waals surface area contributed by atoms with E-state index in [2.05, 4.69) is 16.5 Å². The zero-order chi connectivity index (χ0) is 19.8. The summed E-state index contributed by atoms with van der Waals surface area (Å²) in [7, 11) is 1.63. The van der Waals surface area contributed by atoms with Gasteiger partial charge >= 0.3 is 6.09 Å². The van der Waals surface area contributed by atoms with Gasteiger partial charge in [0.1, 0.15) is 5.60 Å². The fourth-order valence-corrected chi connectivity index (χ4v) is 3.05. The van der Waals surface area contributed by atoms with Gasteiger partial charge in [-0.3, -0.25) is 4.79 Å². The van der Waals surface area contributed by atoms with Crippen LogP contribution in [-0.2, 0) is 24.8 Å². The van der Waals surface area contributed by atoms with Gasteiger partial charge < -0.3 is 15.0 Å². The molecule has 1 aromatic carbocycles. The highest BCUT2D eigenvalue weighted by molar-refractivity contribution is 5.69. The molecule has 1 aliphatic rings. The molecule has 2 aromatic rings. The summed E-state index contributed by atoms with van der Waals surface area (Å²) in [6, 6.07) is 6.03. The number of carbonyl (C=O) groups excluding carboxylic acids is 1. The van der Waals surface area contributed by atoms with E-state index < -0.39 is 5.60 Å². The fraction of sp³-hybridized carbons (Fsp3) is 0.450. The topological polar surface area (TPSA) is 76.5 Å². The number of aromatic nitrogens is 2. The molecule has 1 aromatic heterocycles. The number of nitrogens with zero attached hydrogens (tertiary/aromatic N) is 3. The number of fused-ring (bicyclic) bond motifs is 1. The number of hydrogen-bond donors (Lipinski definition) is 1. The lowest BCUT2D eigenvalue weighted by molar-refractivity contribution is 0.0224. The first-order valence-corrected chi connectivity index (χ1v) is 9.04. The van der Waals surface area contributed by atoms with Crippen molar-refractivity contribution < 1.29 is 9.53 Å². The Bertz CT molecular complexity index is 928. The van der Waals surface area contributed by atoms with Crippen molar-refractivity contribution in [2.24, 2.45) is 7.05 Å². The van der Waals surface area contributed by atoms with Crippen LogP contribution in [0.25, 0.3) is 0 Å². The largest absolute Gasteiger partial charge is 0.444 e. The van der Waals surface area contributed by atoms with Gasteiger partial charge in [-0.2, -0.15) is 5.10 Å². The Hall–Kier alpha value is -2.83. The van der Waals surface area contributed by atoms with E-state index in [1.165, 1.54) is 10.2 Å².